The first-order valence-electron chi connectivity index (χ1n) is 5.94. The summed E-state index contributed by atoms with van der Waals surface area (Å²) in [6.45, 7) is 2.84. The Labute approximate surface area is 120 Å². The van der Waals surface area contributed by atoms with E-state index in [0.717, 1.165) is 0 Å². The zero-order valence-corrected chi connectivity index (χ0v) is 12.8. The van der Waals surface area contributed by atoms with Crippen molar-refractivity contribution in [1.82, 2.24) is 9.62 Å². The molecule has 9 heteroatoms. The Balaban J connectivity index is 0.00000324. The zero-order valence-electron chi connectivity index (χ0n) is 11.2. The molecule has 0 aliphatic carbocycles. The number of nitrogens with two attached hydrogens (primary N) is 1. The van der Waals surface area contributed by atoms with Crippen LogP contribution in [0.5, 0.6) is 0 Å². The van der Waals surface area contributed by atoms with Gasteiger partial charge in [-0.1, -0.05) is 6.92 Å². The third-order valence-electron chi connectivity index (χ3n) is 2.90. The maximum absolute atomic E-state index is 11.9. The molecule has 0 aromatic rings. The second-order valence-electron chi connectivity index (χ2n) is 4.30. The van der Waals surface area contributed by atoms with Crippen LogP contribution >= 0.6 is 12.4 Å². The molecule has 0 aromatic carbocycles. The number of hydrogen-bond donors (Lipinski definition) is 2. The van der Waals surface area contributed by atoms with Crippen LogP contribution in [0.2, 0.25) is 0 Å². The van der Waals surface area contributed by atoms with Gasteiger partial charge in [-0.15, -0.1) is 12.4 Å². The van der Waals surface area contributed by atoms with Gasteiger partial charge in [0.05, 0.1) is 11.9 Å². The fourth-order valence-electron chi connectivity index (χ4n) is 1.99. The number of nitrogens with one attached hydrogen (secondary N) is 1. The van der Waals surface area contributed by atoms with Crippen LogP contribution in [0.4, 0.5) is 0 Å². The number of nitrogens with zero attached hydrogens (tertiary/aromatic N) is 1. The van der Waals surface area contributed by atoms with Crippen molar-refractivity contribution in [2.24, 2.45) is 5.73 Å². The van der Waals surface area contributed by atoms with Crippen molar-refractivity contribution in [2.75, 3.05) is 33.4 Å². The first-order chi connectivity index (χ1) is 8.42. The molecule has 3 N–H and O–H groups in total. The molecule has 0 aromatic heterocycles. The van der Waals surface area contributed by atoms with Gasteiger partial charge >= 0.3 is 0 Å². The van der Waals surface area contributed by atoms with E-state index in [9.17, 15) is 13.2 Å². The molecule has 0 radical (unpaired) electrons. The lowest BCUT2D eigenvalue weighted by atomic mass is 10.3. The first-order valence-corrected chi connectivity index (χ1v) is 7.48. The lowest BCUT2D eigenvalue weighted by Gasteiger charge is -2.20. The summed E-state index contributed by atoms with van der Waals surface area (Å²) >= 11 is 0. The number of likely N-dealkylation sites (tertiary alicyclic amines) is 1. The quantitative estimate of drug-likeness (QED) is 0.649. The van der Waals surface area contributed by atoms with Crippen molar-refractivity contribution < 1.29 is 17.9 Å². The molecule has 1 rings (SSSR count). The average Bonchev–Trinajstić information content (AvgIpc) is 2.78. The highest BCUT2D eigenvalue weighted by atomic mass is 35.5. The molecule has 1 fully saturated rings. The van der Waals surface area contributed by atoms with Crippen LogP contribution in [0.25, 0.3) is 0 Å². The van der Waals surface area contributed by atoms with E-state index in [1.807, 2.05) is 0 Å². The summed E-state index contributed by atoms with van der Waals surface area (Å²) in [6, 6.07) is -0.726. The lowest BCUT2D eigenvalue weighted by molar-refractivity contribution is -0.132. The normalized spacial score (nSPS) is 21.0. The predicted molar refractivity (Wildman–Crippen MR) is 74.7 cm³/mol. The van der Waals surface area contributed by atoms with Crippen molar-refractivity contribution >= 4 is 28.3 Å². The summed E-state index contributed by atoms with van der Waals surface area (Å²) in [6.07, 6.45) is 0.445. The fraction of sp³-hybridized carbons (Fsp3) is 0.900. The minimum Gasteiger partial charge on any atom is -0.383 e. The summed E-state index contributed by atoms with van der Waals surface area (Å²) in [4.78, 5) is 13.4. The summed E-state index contributed by atoms with van der Waals surface area (Å²) in [7, 11) is -1.86. The van der Waals surface area contributed by atoms with Gasteiger partial charge in [0.25, 0.3) is 0 Å². The summed E-state index contributed by atoms with van der Waals surface area (Å²) < 4.78 is 30.9. The van der Waals surface area contributed by atoms with Crippen LogP contribution in [0.3, 0.4) is 0 Å². The van der Waals surface area contributed by atoms with Gasteiger partial charge in [0.1, 0.15) is 6.04 Å². The molecule has 19 heavy (non-hydrogen) atoms. The van der Waals surface area contributed by atoms with E-state index in [-0.39, 0.29) is 31.5 Å². The van der Waals surface area contributed by atoms with Gasteiger partial charge in [-0.05, 0) is 6.42 Å². The monoisotopic (exact) mass is 315 g/mol. The molecule has 1 aliphatic rings. The highest BCUT2D eigenvalue weighted by Crippen LogP contribution is 2.16. The van der Waals surface area contributed by atoms with E-state index in [2.05, 4.69) is 4.72 Å². The molecule has 114 valence electrons. The van der Waals surface area contributed by atoms with Crippen LogP contribution in [-0.2, 0) is 19.6 Å². The van der Waals surface area contributed by atoms with Crippen molar-refractivity contribution in [3.63, 3.8) is 0 Å². The molecule has 2 atom stereocenters. The smallest absolute Gasteiger partial charge is 0.241 e. The van der Waals surface area contributed by atoms with E-state index in [4.69, 9.17) is 10.5 Å². The summed E-state index contributed by atoms with van der Waals surface area (Å²) in [5, 5.41) is -0.545. The Bertz CT molecular complexity index is 390. The van der Waals surface area contributed by atoms with Crippen molar-refractivity contribution in [1.29, 1.82) is 0 Å². The molecule has 0 bridgehead atoms. The number of rotatable bonds is 6. The maximum atomic E-state index is 11.9. The van der Waals surface area contributed by atoms with Crippen LogP contribution < -0.4 is 10.5 Å². The number of carbonyl (C=O) groups is 1. The number of halogens is 1. The first kappa shape index (κ1) is 18.6. The van der Waals surface area contributed by atoms with E-state index >= 15 is 0 Å². The molecule has 0 spiro atoms. The lowest BCUT2D eigenvalue weighted by Crippen LogP contribution is -2.46. The maximum Gasteiger partial charge on any atom is 0.241 e. The molecule has 1 aliphatic heterocycles. The fourth-order valence-corrected chi connectivity index (χ4v) is 3.42. The third-order valence-corrected chi connectivity index (χ3v) is 4.86. The van der Waals surface area contributed by atoms with Crippen LogP contribution in [0.15, 0.2) is 0 Å². The number of carbonyl (C=O) groups excluding carboxylic acids is 1. The van der Waals surface area contributed by atoms with Crippen LogP contribution in [-0.4, -0.2) is 63.9 Å². The van der Waals surface area contributed by atoms with Gasteiger partial charge in [-0.25, -0.2) is 13.1 Å². The second kappa shape index (κ2) is 8.01. The van der Waals surface area contributed by atoms with Gasteiger partial charge in [0.2, 0.25) is 15.9 Å². The van der Waals surface area contributed by atoms with E-state index < -0.39 is 21.3 Å². The van der Waals surface area contributed by atoms with Crippen molar-refractivity contribution in [2.45, 2.75) is 24.6 Å². The Morgan fingerprint density at radius 3 is 2.74 bits per heavy atom. The summed E-state index contributed by atoms with van der Waals surface area (Å²) in [5.41, 5.74) is 5.64. The molecule has 2 unspecified atom stereocenters. The molecule has 1 amide bonds. The Hall–Kier alpha value is -0.410. The van der Waals surface area contributed by atoms with E-state index in [0.29, 0.717) is 19.5 Å². The molecule has 0 saturated carbocycles. The topological polar surface area (TPSA) is 102 Å². The number of methoxy groups -OCH3 is 1. The van der Waals surface area contributed by atoms with Crippen molar-refractivity contribution in [3.8, 4) is 0 Å². The number of hydrogen-bond acceptors (Lipinski definition) is 5. The molecular formula is C10H22ClN3O4S. The van der Waals surface area contributed by atoms with Gasteiger partial charge in [-0.3, -0.25) is 4.79 Å². The highest BCUT2D eigenvalue weighted by Gasteiger charge is 2.36. The number of amides is 1. The van der Waals surface area contributed by atoms with Gasteiger partial charge in [0, 0.05) is 26.7 Å². The van der Waals surface area contributed by atoms with Gasteiger partial charge in [0.15, 0.2) is 0 Å². The second-order valence-corrected chi connectivity index (χ2v) is 6.35. The molecular weight excluding hydrogens is 294 g/mol. The van der Waals surface area contributed by atoms with Crippen LogP contribution in [0, 0.1) is 0 Å². The van der Waals surface area contributed by atoms with Crippen molar-refractivity contribution in [3.05, 3.63) is 0 Å². The molecule has 1 saturated heterocycles. The summed E-state index contributed by atoms with van der Waals surface area (Å²) in [5.74, 6) is -0.258. The molecule has 1 heterocycles. The van der Waals surface area contributed by atoms with Crippen LogP contribution in [0.1, 0.15) is 13.3 Å². The number of sulfonamides is 1. The zero-order chi connectivity index (χ0) is 13.8. The van der Waals surface area contributed by atoms with Gasteiger partial charge < -0.3 is 15.4 Å². The minimum absolute atomic E-state index is 0. The SMILES string of the molecule is CCNS(=O)(=O)C1CCN(C(=O)C(N)COC)C1.Cl. The Kier molecular flexibility index (Phi) is 7.83. The van der Waals surface area contributed by atoms with Gasteiger partial charge in [-0.2, -0.15) is 0 Å². The number of ether oxygens (including phenoxy) is 1. The average molecular weight is 316 g/mol. The standard InChI is InChI=1S/C10H21N3O4S.ClH/c1-3-12-18(15,16)8-4-5-13(6-8)10(14)9(11)7-17-2;/h8-9,12H,3-7,11H2,1-2H3;1H. The van der Waals surface area contributed by atoms with E-state index in [1.165, 1.54) is 12.0 Å². The molecule has 7 nitrogen and oxygen atoms in total. The minimum atomic E-state index is -3.33. The Morgan fingerprint density at radius 1 is 1.58 bits per heavy atom. The third kappa shape index (κ3) is 4.88. The Morgan fingerprint density at radius 2 is 2.21 bits per heavy atom. The highest BCUT2D eigenvalue weighted by molar-refractivity contribution is 7.90. The predicted octanol–water partition coefficient (Wildman–Crippen LogP) is -1.08. The largest absolute Gasteiger partial charge is 0.383 e. The van der Waals surface area contributed by atoms with E-state index in [1.54, 1.807) is 6.92 Å².